The fourth-order valence-corrected chi connectivity index (χ4v) is 6.80. The number of carbonyl (C=O) groups excluding carboxylic acids is 4. The molecule has 0 spiro atoms. The lowest BCUT2D eigenvalue weighted by Gasteiger charge is -2.23. The minimum atomic E-state index is -0.878. The van der Waals surface area contributed by atoms with Gasteiger partial charge in [0, 0.05) is 43.8 Å². The minimum Gasteiger partial charge on any atom is -0.507 e. The lowest BCUT2D eigenvalue weighted by molar-refractivity contribution is -0.121. The summed E-state index contributed by atoms with van der Waals surface area (Å²) in [6.45, 7) is 2.00. The van der Waals surface area contributed by atoms with E-state index in [4.69, 9.17) is 9.47 Å². The Morgan fingerprint density at radius 3 is 2.54 bits per heavy atom. The summed E-state index contributed by atoms with van der Waals surface area (Å²) in [5, 5.41) is 29.0. The first-order valence-corrected chi connectivity index (χ1v) is 17.5. The molecule has 0 fully saturated rings. The molecule has 4 aromatic rings. The van der Waals surface area contributed by atoms with Crippen LogP contribution < -0.4 is 15.4 Å². The van der Waals surface area contributed by atoms with Crippen LogP contribution in [0.2, 0.25) is 0 Å². The number of para-hydroxylation sites is 1. The molecule has 12 heteroatoms. The van der Waals surface area contributed by atoms with Gasteiger partial charge in [-0.3, -0.25) is 14.4 Å². The number of nitrogens with zero attached hydrogens (tertiary/aromatic N) is 1. The van der Waals surface area contributed by atoms with Gasteiger partial charge in [0.25, 0.3) is 5.91 Å². The zero-order valence-corrected chi connectivity index (χ0v) is 28.9. The van der Waals surface area contributed by atoms with E-state index in [0.29, 0.717) is 54.8 Å². The number of rotatable bonds is 9. The highest BCUT2D eigenvalue weighted by Crippen LogP contribution is 2.44. The number of Topliss-reactive ketones (excluding diaryl/α,β-unsaturated/α-hetero) is 1. The van der Waals surface area contributed by atoms with Crippen molar-refractivity contribution in [2.24, 2.45) is 0 Å². The first-order valence-electron chi connectivity index (χ1n) is 16.7. The molecule has 1 aliphatic heterocycles. The fourth-order valence-electron chi connectivity index (χ4n) is 5.92. The van der Waals surface area contributed by atoms with E-state index in [9.17, 15) is 29.4 Å². The van der Waals surface area contributed by atoms with E-state index in [1.165, 1.54) is 24.5 Å². The number of phenols is 2. The topological polar surface area (TPSA) is 164 Å². The number of thiazole rings is 1. The number of fused-ring (bicyclic) bond motifs is 2. The number of cyclic esters (lactones) is 1. The van der Waals surface area contributed by atoms with Crippen molar-refractivity contribution in [2.45, 2.75) is 63.9 Å². The maximum absolute atomic E-state index is 13.6. The van der Waals surface area contributed by atoms with Crippen LogP contribution in [-0.2, 0) is 14.3 Å². The lowest BCUT2D eigenvalue weighted by Crippen LogP contribution is -2.35. The molecule has 0 bridgehead atoms. The number of amides is 2. The summed E-state index contributed by atoms with van der Waals surface area (Å²) in [7, 11) is 1.53. The number of phenolic OH excluding ortho intramolecular Hbond substituents is 2. The van der Waals surface area contributed by atoms with Gasteiger partial charge in [-0.15, -0.1) is 11.3 Å². The average molecular weight is 700 g/mol. The lowest BCUT2D eigenvalue weighted by atomic mass is 9.84. The molecule has 0 radical (unpaired) electrons. The molecule has 1 aromatic heterocycles. The Morgan fingerprint density at radius 2 is 1.78 bits per heavy atom. The van der Waals surface area contributed by atoms with E-state index >= 15 is 0 Å². The van der Waals surface area contributed by atoms with Crippen molar-refractivity contribution < 1.29 is 38.9 Å². The van der Waals surface area contributed by atoms with E-state index in [1.54, 1.807) is 43.3 Å². The number of aromatic nitrogens is 1. The number of esters is 1. The number of benzene rings is 3. The molecule has 3 aromatic carbocycles. The maximum atomic E-state index is 13.6. The molecule has 0 aliphatic carbocycles. The molecular formula is C38H41N3O8S. The third-order valence-corrected chi connectivity index (χ3v) is 9.56. The maximum Gasteiger partial charge on any atom is 0.342 e. The Bertz CT molecular complexity index is 1850. The van der Waals surface area contributed by atoms with E-state index in [0.717, 1.165) is 10.2 Å². The summed E-state index contributed by atoms with van der Waals surface area (Å²) in [4.78, 5) is 56.1. The predicted octanol–water partition coefficient (Wildman–Crippen LogP) is 6.27. The Kier molecular flexibility index (Phi) is 12.2. The molecule has 4 N–H and O–H groups in total. The van der Waals surface area contributed by atoms with Gasteiger partial charge in [0.1, 0.15) is 28.6 Å². The van der Waals surface area contributed by atoms with Gasteiger partial charge in [0.2, 0.25) is 5.91 Å². The number of hydrogen-bond acceptors (Lipinski definition) is 10. The van der Waals surface area contributed by atoms with Gasteiger partial charge in [0.05, 0.1) is 23.4 Å². The van der Waals surface area contributed by atoms with Gasteiger partial charge >= 0.3 is 5.97 Å². The quantitative estimate of drug-likeness (QED) is 0.117. The van der Waals surface area contributed by atoms with Crippen LogP contribution >= 0.6 is 11.3 Å². The second kappa shape index (κ2) is 16.9. The third kappa shape index (κ3) is 9.06. The number of ether oxygens (including phenoxy) is 2. The van der Waals surface area contributed by atoms with Gasteiger partial charge in [-0.25, -0.2) is 9.78 Å². The van der Waals surface area contributed by atoms with Crippen molar-refractivity contribution in [1.82, 2.24) is 15.6 Å². The van der Waals surface area contributed by atoms with Crippen molar-refractivity contribution >= 4 is 51.2 Å². The molecule has 1 aliphatic rings. The summed E-state index contributed by atoms with van der Waals surface area (Å²) in [5.74, 6) is -2.47. The normalized spacial score (nSPS) is 16.2. The first kappa shape index (κ1) is 36.1. The highest BCUT2D eigenvalue weighted by atomic mass is 32.1. The summed E-state index contributed by atoms with van der Waals surface area (Å²) in [6.07, 6.45) is 5.80. The van der Waals surface area contributed by atoms with Crippen LogP contribution in [0.5, 0.6) is 17.2 Å². The van der Waals surface area contributed by atoms with Gasteiger partial charge in [0.15, 0.2) is 5.01 Å². The van der Waals surface area contributed by atoms with Gasteiger partial charge in [-0.05, 0) is 74.1 Å². The number of ketones is 1. The molecule has 2 heterocycles. The summed E-state index contributed by atoms with van der Waals surface area (Å²) in [5.41, 5.74) is 1.45. The smallest absolute Gasteiger partial charge is 0.342 e. The highest BCUT2D eigenvalue weighted by molar-refractivity contribution is 7.20. The predicted molar refractivity (Wildman–Crippen MR) is 191 cm³/mol. The van der Waals surface area contributed by atoms with Crippen molar-refractivity contribution in [3.63, 3.8) is 0 Å². The monoisotopic (exact) mass is 699 g/mol. The van der Waals surface area contributed by atoms with Crippen LogP contribution in [0.15, 0.2) is 60.7 Å². The number of hydrogen-bond donors (Lipinski definition) is 4. The number of carbonyl (C=O) groups is 4. The highest BCUT2D eigenvalue weighted by Gasteiger charge is 2.31. The Hall–Kier alpha value is -5.23. The van der Waals surface area contributed by atoms with Crippen molar-refractivity contribution in [1.29, 1.82) is 0 Å². The van der Waals surface area contributed by atoms with E-state index in [2.05, 4.69) is 15.6 Å². The standard InChI is InChI=1S/C38H41N3O8S/c1-23-9-8-12-26(42)11-5-3-4-10-25-21-30(43)34(35(45)33(25)38(47)49-23)28(24-15-17-27(48-2)18-16-24)22-32(44)39-19-20-40-36(46)37-41-29-13-6-7-14-31(29)50-37/h4,6-7,10,13-18,21,23,28,43,45H,3,5,8-9,11-12,19-20,22H2,1-2H3,(H,39,44)(H,40,46)/t23-,28?/m0/s1. The molecule has 0 saturated heterocycles. The Labute approximate surface area is 294 Å². The Morgan fingerprint density at radius 1 is 1.04 bits per heavy atom. The van der Waals surface area contributed by atoms with Crippen molar-refractivity contribution in [3.05, 3.63) is 87.9 Å². The molecule has 262 valence electrons. The van der Waals surface area contributed by atoms with Crippen LogP contribution in [0.1, 0.15) is 94.6 Å². The molecule has 2 amide bonds. The second-order valence-electron chi connectivity index (χ2n) is 12.2. The number of methoxy groups -OCH3 is 1. The van der Waals surface area contributed by atoms with Crippen LogP contribution in [-0.4, -0.2) is 65.1 Å². The molecule has 11 nitrogen and oxygen atoms in total. The average Bonchev–Trinajstić information content (AvgIpc) is 3.54. The molecule has 2 atom stereocenters. The number of aromatic hydroxyl groups is 2. The van der Waals surface area contributed by atoms with Gasteiger partial charge < -0.3 is 30.3 Å². The van der Waals surface area contributed by atoms with Gasteiger partial charge in [-0.1, -0.05) is 36.4 Å². The number of allylic oxidation sites excluding steroid dienone is 1. The van der Waals surface area contributed by atoms with Crippen LogP contribution in [0.4, 0.5) is 0 Å². The first-order chi connectivity index (χ1) is 24.1. The van der Waals surface area contributed by atoms with Gasteiger partial charge in [-0.2, -0.15) is 0 Å². The second-order valence-corrected chi connectivity index (χ2v) is 13.2. The summed E-state index contributed by atoms with van der Waals surface area (Å²) in [6, 6.07) is 15.7. The summed E-state index contributed by atoms with van der Waals surface area (Å²) >= 11 is 1.28. The van der Waals surface area contributed by atoms with E-state index < -0.39 is 29.6 Å². The van der Waals surface area contributed by atoms with Crippen LogP contribution in [0, 0.1) is 0 Å². The van der Waals surface area contributed by atoms with Crippen LogP contribution in [0.25, 0.3) is 16.3 Å². The van der Waals surface area contributed by atoms with E-state index in [1.807, 2.05) is 24.3 Å². The zero-order chi connectivity index (χ0) is 35.6. The number of nitrogens with one attached hydrogen (secondary N) is 2. The molecule has 1 unspecified atom stereocenters. The largest absolute Gasteiger partial charge is 0.507 e. The minimum absolute atomic E-state index is 0.00192. The van der Waals surface area contributed by atoms with Crippen molar-refractivity contribution in [3.8, 4) is 17.2 Å². The molecule has 50 heavy (non-hydrogen) atoms. The van der Waals surface area contributed by atoms with Crippen LogP contribution in [0.3, 0.4) is 0 Å². The van der Waals surface area contributed by atoms with Crippen molar-refractivity contribution in [2.75, 3.05) is 20.2 Å². The summed E-state index contributed by atoms with van der Waals surface area (Å²) < 4.78 is 11.9. The van der Waals surface area contributed by atoms with E-state index in [-0.39, 0.29) is 53.6 Å². The third-order valence-electron chi connectivity index (χ3n) is 8.53. The SMILES string of the molecule is COc1ccc(C(CC(=O)NCCNC(=O)c2nc3ccccc3s2)c2c(O)cc3c(c2O)C(=O)O[C@@H](C)CCCC(=O)CCCC=C3)cc1. The zero-order valence-electron chi connectivity index (χ0n) is 28.1. The fraction of sp³-hybridized carbons (Fsp3) is 0.342. The molecule has 0 saturated carbocycles. The molecular weight excluding hydrogens is 658 g/mol. The molecule has 5 rings (SSSR count). The Balaban J connectivity index is 1.38.